The molecule has 3 nitrogen and oxygen atoms in total. The van der Waals surface area contributed by atoms with Crippen LogP contribution < -0.4 is 0 Å². The Bertz CT molecular complexity index is 472. The number of hydrogen-bond acceptors (Lipinski definition) is 3. The number of nitrogens with zero attached hydrogens (tertiary/aromatic N) is 1. The minimum atomic E-state index is -0.141. The van der Waals surface area contributed by atoms with Crippen molar-refractivity contribution >= 4 is 46.2 Å². The van der Waals surface area contributed by atoms with Gasteiger partial charge in [0, 0.05) is 25.4 Å². The third kappa shape index (κ3) is 2.64. The van der Waals surface area contributed by atoms with E-state index in [9.17, 15) is 9.59 Å². The van der Waals surface area contributed by atoms with Crippen LogP contribution in [0.15, 0.2) is 6.07 Å². The zero-order chi connectivity index (χ0) is 12.6. The van der Waals surface area contributed by atoms with E-state index in [4.69, 9.17) is 23.2 Å². The van der Waals surface area contributed by atoms with Crippen molar-refractivity contribution in [2.24, 2.45) is 5.92 Å². The molecule has 0 spiro atoms. The van der Waals surface area contributed by atoms with Crippen molar-refractivity contribution in [3.05, 3.63) is 20.3 Å². The first-order valence-corrected chi connectivity index (χ1v) is 6.83. The topological polar surface area (TPSA) is 37.4 Å². The van der Waals surface area contributed by atoms with E-state index in [1.54, 1.807) is 11.0 Å². The molecule has 0 aliphatic carbocycles. The molecule has 0 aromatic carbocycles. The first-order valence-electron chi connectivity index (χ1n) is 5.26. The van der Waals surface area contributed by atoms with E-state index in [1.165, 1.54) is 11.3 Å². The number of ketones is 1. The van der Waals surface area contributed by atoms with Crippen molar-refractivity contribution in [2.45, 2.75) is 13.3 Å². The number of hydrogen-bond donors (Lipinski definition) is 0. The lowest BCUT2D eigenvalue weighted by Crippen LogP contribution is -2.43. The average Bonchev–Trinajstić information content (AvgIpc) is 2.61. The van der Waals surface area contributed by atoms with Gasteiger partial charge in [0.2, 0.25) is 0 Å². The summed E-state index contributed by atoms with van der Waals surface area (Å²) in [6.07, 6.45) is 0.419. The third-order valence-electron chi connectivity index (χ3n) is 2.85. The lowest BCUT2D eigenvalue weighted by Gasteiger charge is -2.29. The maximum atomic E-state index is 12.2. The van der Waals surface area contributed by atoms with Gasteiger partial charge in [0.25, 0.3) is 5.91 Å². The predicted molar refractivity (Wildman–Crippen MR) is 69.0 cm³/mol. The van der Waals surface area contributed by atoms with Crippen LogP contribution in [0.4, 0.5) is 0 Å². The molecule has 0 saturated carbocycles. The van der Waals surface area contributed by atoms with E-state index in [0.29, 0.717) is 33.7 Å². The summed E-state index contributed by atoms with van der Waals surface area (Å²) >= 11 is 12.9. The van der Waals surface area contributed by atoms with Gasteiger partial charge in [0.1, 0.15) is 10.1 Å². The summed E-state index contributed by atoms with van der Waals surface area (Å²) in [7, 11) is 0. The molecule has 0 N–H and O–H groups in total. The molecule has 17 heavy (non-hydrogen) atoms. The van der Waals surface area contributed by atoms with Gasteiger partial charge in [-0.25, -0.2) is 0 Å². The molecule has 1 aliphatic rings. The zero-order valence-electron chi connectivity index (χ0n) is 9.20. The van der Waals surface area contributed by atoms with Gasteiger partial charge in [-0.15, -0.1) is 11.3 Å². The summed E-state index contributed by atoms with van der Waals surface area (Å²) in [4.78, 5) is 25.2. The summed E-state index contributed by atoms with van der Waals surface area (Å²) in [5, 5.41) is 0. The van der Waals surface area contributed by atoms with Crippen molar-refractivity contribution in [3.63, 3.8) is 0 Å². The van der Waals surface area contributed by atoms with Gasteiger partial charge in [0.05, 0.1) is 9.90 Å². The van der Waals surface area contributed by atoms with Crippen LogP contribution in [0, 0.1) is 5.92 Å². The van der Waals surface area contributed by atoms with Crippen LogP contribution in [-0.4, -0.2) is 29.7 Å². The van der Waals surface area contributed by atoms with Crippen LogP contribution in [0.5, 0.6) is 0 Å². The summed E-state index contributed by atoms with van der Waals surface area (Å²) in [5.74, 6) is -0.0263. The standard InChI is InChI=1S/C11H11Cl2NO2S/c1-6-5-14(3-2-8(6)15)11(16)7-4-9(12)17-10(7)13/h4,6H,2-3,5H2,1H3. The highest BCUT2D eigenvalue weighted by Gasteiger charge is 2.28. The molecule has 1 atom stereocenters. The summed E-state index contributed by atoms with van der Waals surface area (Å²) in [6.45, 7) is 2.76. The molecular weight excluding hydrogens is 281 g/mol. The third-order valence-corrected chi connectivity index (χ3v) is 4.33. The van der Waals surface area contributed by atoms with Crippen LogP contribution in [0.3, 0.4) is 0 Å². The first-order chi connectivity index (χ1) is 7.99. The highest BCUT2D eigenvalue weighted by atomic mass is 35.5. The Morgan fingerprint density at radius 1 is 1.53 bits per heavy atom. The van der Waals surface area contributed by atoms with E-state index in [1.807, 2.05) is 6.92 Å². The number of Topliss-reactive ketones (excluding diaryl/α,β-unsaturated/α-hetero) is 1. The minimum absolute atomic E-state index is 0.0967. The molecule has 6 heteroatoms. The van der Waals surface area contributed by atoms with E-state index in [2.05, 4.69) is 0 Å². The number of thiophene rings is 1. The minimum Gasteiger partial charge on any atom is -0.337 e. The molecule has 1 aromatic heterocycles. The second-order valence-corrected chi connectivity index (χ2v) is 6.39. The SMILES string of the molecule is CC1CN(C(=O)c2cc(Cl)sc2Cl)CCC1=O. The number of halogens is 2. The second kappa shape index (κ2) is 4.96. The fourth-order valence-electron chi connectivity index (χ4n) is 1.86. The second-order valence-electron chi connectivity index (χ2n) is 4.11. The van der Waals surface area contributed by atoms with Gasteiger partial charge in [0.15, 0.2) is 0 Å². The molecular formula is C11H11Cl2NO2S. The van der Waals surface area contributed by atoms with Crippen molar-refractivity contribution in [2.75, 3.05) is 13.1 Å². The number of carbonyl (C=O) groups is 2. The van der Waals surface area contributed by atoms with Gasteiger partial charge in [-0.1, -0.05) is 30.1 Å². The van der Waals surface area contributed by atoms with Gasteiger partial charge < -0.3 is 4.90 Å². The molecule has 2 rings (SSSR count). The average molecular weight is 292 g/mol. The Morgan fingerprint density at radius 3 is 2.76 bits per heavy atom. The maximum absolute atomic E-state index is 12.2. The van der Waals surface area contributed by atoms with E-state index in [-0.39, 0.29) is 17.6 Å². The molecule has 1 aliphatic heterocycles. The monoisotopic (exact) mass is 291 g/mol. The molecule has 0 bridgehead atoms. The number of rotatable bonds is 1. The lowest BCUT2D eigenvalue weighted by molar-refractivity contribution is -0.124. The quantitative estimate of drug-likeness (QED) is 0.797. The molecule has 2 heterocycles. The largest absolute Gasteiger partial charge is 0.337 e. The van der Waals surface area contributed by atoms with Crippen molar-refractivity contribution in [1.82, 2.24) is 4.90 Å². The first kappa shape index (κ1) is 12.9. The molecule has 0 radical (unpaired) electrons. The number of piperidine rings is 1. The smallest absolute Gasteiger partial charge is 0.256 e. The fraction of sp³-hybridized carbons (Fsp3) is 0.455. The van der Waals surface area contributed by atoms with Crippen molar-refractivity contribution < 1.29 is 9.59 Å². The van der Waals surface area contributed by atoms with Crippen molar-refractivity contribution in [1.29, 1.82) is 0 Å². The summed E-state index contributed by atoms with van der Waals surface area (Å²) < 4.78 is 0.907. The van der Waals surface area contributed by atoms with Crippen LogP contribution in [0.25, 0.3) is 0 Å². The van der Waals surface area contributed by atoms with Crippen LogP contribution in [0.1, 0.15) is 23.7 Å². The zero-order valence-corrected chi connectivity index (χ0v) is 11.5. The van der Waals surface area contributed by atoms with E-state index < -0.39 is 0 Å². The highest BCUT2D eigenvalue weighted by molar-refractivity contribution is 7.20. The number of likely N-dealkylation sites (tertiary alicyclic amines) is 1. The highest BCUT2D eigenvalue weighted by Crippen LogP contribution is 2.32. The maximum Gasteiger partial charge on any atom is 0.256 e. The van der Waals surface area contributed by atoms with Gasteiger partial charge in [-0.2, -0.15) is 0 Å². The van der Waals surface area contributed by atoms with Crippen LogP contribution in [-0.2, 0) is 4.79 Å². The van der Waals surface area contributed by atoms with Gasteiger partial charge in [-0.05, 0) is 6.07 Å². The van der Waals surface area contributed by atoms with E-state index in [0.717, 1.165) is 0 Å². The lowest BCUT2D eigenvalue weighted by atomic mass is 9.98. The molecule has 1 saturated heterocycles. The van der Waals surface area contributed by atoms with Gasteiger partial charge >= 0.3 is 0 Å². The Kier molecular flexibility index (Phi) is 3.76. The summed E-state index contributed by atoms with van der Waals surface area (Å²) in [5.41, 5.74) is 0.434. The Labute approximate surface area is 113 Å². The molecule has 92 valence electrons. The molecule has 1 aromatic rings. The Morgan fingerprint density at radius 2 is 2.24 bits per heavy atom. The summed E-state index contributed by atoms with van der Waals surface area (Å²) in [6, 6.07) is 1.58. The molecule has 1 fully saturated rings. The van der Waals surface area contributed by atoms with Gasteiger partial charge in [-0.3, -0.25) is 9.59 Å². The Balaban J connectivity index is 2.16. The number of amides is 1. The van der Waals surface area contributed by atoms with Crippen LogP contribution >= 0.6 is 34.5 Å². The van der Waals surface area contributed by atoms with Crippen LogP contribution in [0.2, 0.25) is 8.67 Å². The fourth-order valence-corrected chi connectivity index (χ4v) is 3.30. The molecule has 1 unspecified atom stereocenters. The molecule has 1 amide bonds. The Hall–Kier alpha value is -0.580. The predicted octanol–water partition coefficient (Wildman–Crippen LogP) is 3.11. The number of carbonyl (C=O) groups excluding carboxylic acids is 2. The van der Waals surface area contributed by atoms with E-state index >= 15 is 0 Å². The van der Waals surface area contributed by atoms with Crippen molar-refractivity contribution in [3.8, 4) is 0 Å². The normalized spacial score (nSPS) is 20.8.